The van der Waals surface area contributed by atoms with Crippen LogP contribution in [0.1, 0.15) is 40.0 Å². The molecular formula is C18H29O4SSi. The Bertz CT molecular complexity index is 518. The fourth-order valence-corrected chi connectivity index (χ4v) is 4.32. The van der Waals surface area contributed by atoms with E-state index in [1.807, 2.05) is 6.08 Å². The summed E-state index contributed by atoms with van der Waals surface area (Å²) in [4.78, 5) is 24.3. The minimum Gasteiger partial charge on any atom is -0.544 e. The molecule has 0 aliphatic heterocycles. The van der Waals surface area contributed by atoms with Gasteiger partial charge in [-0.2, -0.15) is 0 Å². The lowest BCUT2D eigenvalue weighted by molar-refractivity contribution is -0.134. The van der Waals surface area contributed by atoms with E-state index in [9.17, 15) is 9.59 Å². The van der Waals surface area contributed by atoms with Crippen molar-refractivity contribution < 1.29 is 18.8 Å². The first-order valence-corrected chi connectivity index (χ1v) is 11.7. The number of thioether (sulfide) groups is 1. The zero-order valence-corrected chi connectivity index (χ0v) is 17.4. The topological polar surface area (TPSA) is 52.6 Å². The van der Waals surface area contributed by atoms with Crippen molar-refractivity contribution in [1.29, 1.82) is 0 Å². The van der Waals surface area contributed by atoms with Crippen LogP contribution in [0.15, 0.2) is 22.8 Å². The fraction of sp³-hybridized carbons (Fsp3) is 0.667. The van der Waals surface area contributed by atoms with Gasteiger partial charge in [0.2, 0.25) is 0 Å². The molecule has 0 spiro atoms. The summed E-state index contributed by atoms with van der Waals surface area (Å²) in [5.41, 5.74) is 0.0217. The van der Waals surface area contributed by atoms with Gasteiger partial charge in [-0.1, -0.05) is 26.8 Å². The zero-order chi connectivity index (χ0) is 18.3. The van der Waals surface area contributed by atoms with E-state index < -0.39 is 9.04 Å². The quantitative estimate of drug-likeness (QED) is 0.276. The summed E-state index contributed by atoms with van der Waals surface area (Å²) in [6, 6.07) is 0. The minimum absolute atomic E-state index is 0.0217. The molecule has 1 aliphatic carbocycles. The maximum Gasteiger partial charge on any atom is 0.330 e. The lowest BCUT2D eigenvalue weighted by atomic mass is 9.79. The summed E-state index contributed by atoms with van der Waals surface area (Å²) in [6.45, 7) is 10.7. The van der Waals surface area contributed by atoms with E-state index in [0.717, 1.165) is 29.3 Å². The Kier molecular flexibility index (Phi) is 8.29. The number of carbonyl (C=O) groups is 2. The van der Waals surface area contributed by atoms with E-state index in [2.05, 4.69) is 38.6 Å². The maximum absolute atomic E-state index is 12.4. The Morgan fingerprint density at radius 3 is 2.58 bits per heavy atom. The highest BCUT2D eigenvalue weighted by Crippen LogP contribution is 2.45. The molecule has 0 amide bonds. The molecule has 1 rings (SSSR count). The molecule has 0 fully saturated rings. The molecule has 0 heterocycles. The first-order valence-electron chi connectivity index (χ1n) is 8.29. The number of carbonyl (C=O) groups excluding carboxylic acids is 2. The van der Waals surface area contributed by atoms with Crippen LogP contribution in [0, 0.1) is 11.3 Å². The smallest absolute Gasteiger partial charge is 0.330 e. The van der Waals surface area contributed by atoms with Crippen LogP contribution in [0.5, 0.6) is 0 Å². The lowest BCUT2D eigenvalue weighted by Gasteiger charge is -2.29. The second-order valence-electron chi connectivity index (χ2n) is 7.17. The predicted molar refractivity (Wildman–Crippen MR) is 101 cm³/mol. The average molecular weight is 370 g/mol. The molecule has 4 nitrogen and oxygen atoms in total. The van der Waals surface area contributed by atoms with Gasteiger partial charge in [0.25, 0.3) is 9.04 Å². The molecule has 24 heavy (non-hydrogen) atoms. The second kappa shape index (κ2) is 9.46. The van der Waals surface area contributed by atoms with Crippen LogP contribution in [0.25, 0.3) is 0 Å². The molecule has 1 radical (unpaired) electrons. The van der Waals surface area contributed by atoms with Gasteiger partial charge in [0.05, 0.1) is 12.0 Å². The number of ether oxygens (including phenoxy) is 1. The van der Waals surface area contributed by atoms with Gasteiger partial charge < -0.3 is 9.16 Å². The van der Waals surface area contributed by atoms with Gasteiger partial charge in [-0.3, -0.25) is 4.79 Å². The molecule has 0 aromatic rings. The van der Waals surface area contributed by atoms with Crippen LogP contribution >= 0.6 is 11.8 Å². The molecule has 0 aromatic carbocycles. The van der Waals surface area contributed by atoms with Gasteiger partial charge in [0, 0.05) is 18.4 Å². The molecule has 0 bridgehead atoms. The van der Waals surface area contributed by atoms with Crippen molar-refractivity contribution in [2.75, 3.05) is 12.9 Å². The Morgan fingerprint density at radius 2 is 2.04 bits per heavy atom. The van der Waals surface area contributed by atoms with Gasteiger partial charge in [0.15, 0.2) is 5.78 Å². The van der Waals surface area contributed by atoms with Crippen LogP contribution in [-0.2, 0) is 18.8 Å². The molecule has 0 N–H and O–H groups in total. The highest BCUT2D eigenvalue weighted by atomic mass is 32.2. The summed E-state index contributed by atoms with van der Waals surface area (Å²) >= 11 is 1.60. The number of allylic oxidation sites excluding steroid dienone is 3. The Labute approximate surface area is 151 Å². The second-order valence-corrected chi connectivity index (χ2v) is 10.3. The van der Waals surface area contributed by atoms with Crippen molar-refractivity contribution in [3.8, 4) is 0 Å². The van der Waals surface area contributed by atoms with Crippen molar-refractivity contribution in [1.82, 2.24) is 0 Å². The summed E-state index contributed by atoms with van der Waals surface area (Å²) in [5, 5.41) is 0. The number of methoxy groups -OCH3 is 1. The molecule has 0 saturated heterocycles. The van der Waals surface area contributed by atoms with Crippen molar-refractivity contribution in [3.05, 3.63) is 22.8 Å². The van der Waals surface area contributed by atoms with E-state index in [-0.39, 0.29) is 23.1 Å². The van der Waals surface area contributed by atoms with Gasteiger partial charge in [0.1, 0.15) is 5.76 Å². The van der Waals surface area contributed by atoms with Crippen molar-refractivity contribution in [2.45, 2.75) is 53.1 Å². The average Bonchev–Trinajstić information content (AvgIpc) is 2.78. The lowest BCUT2D eigenvalue weighted by Crippen LogP contribution is -2.24. The molecular weight excluding hydrogens is 340 g/mol. The third-order valence-electron chi connectivity index (χ3n) is 3.76. The van der Waals surface area contributed by atoms with Crippen molar-refractivity contribution in [2.24, 2.45) is 11.3 Å². The van der Waals surface area contributed by atoms with E-state index in [1.54, 1.807) is 11.8 Å². The third kappa shape index (κ3) is 6.47. The minimum atomic E-state index is -0.902. The summed E-state index contributed by atoms with van der Waals surface area (Å²) in [5.74, 6) is 1.81. The standard InChI is InChI=1S/C18H29O4SSi/c1-18(2,3)13-12-14(19)17(16(13)22-24(5)6)23-11-9-7-8-10-15(20)21-4/h8,10,13H,7,9,11-12H2,1-6H3/b10-8+. The molecule has 6 heteroatoms. The summed E-state index contributed by atoms with van der Waals surface area (Å²) in [6.07, 6.45) is 5.50. The van der Waals surface area contributed by atoms with E-state index in [1.165, 1.54) is 13.2 Å². The van der Waals surface area contributed by atoms with Crippen molar-refractivity contribution >= 4 is 32.6 Å². The number of Topliss-reactive ketones (excluding diaryl/α,β-unsaturated/α-hetero) is 1. The van der Waals surface area contributed by atoms with E-state index >= 15 is 0 Å². The van der Waals surface area contributed by atoms with Gasteiger partial charge in [-0.05, 0) is 37.1 Å². The van der Waals surface area contributed by atoms with Crippen LogP contribution in [0.3, 0.4) is 0 Å². The Hall–Kier alpha value is -1.01. The van der Waals surface area contributed by atoms with Gasteiger partial charge >= 0.3 is 5.97 Å². The number of hydrogen-bond acceptors (Lipinski definition) is 5. The number of unbranched alkanes of at least 4 members (excludes halogenated alkanes) is 1. The van der Waals surface area contributed by atoms with E-state index in [4.69, 9.17) is 4.43 Å². The normalized spacial score (nSPS) is 18.8. The highest BCUT2D eigenvalue weighted by molar-refractivity contribution is 8.04. The first kappa shape index (κ1) is 21.0. The molecule has 135 valence electrons. The molecule has 0 aromatic heterocycles. The van der Waals surface area contributed by atoms with Crippen LogP contribution in [0.4, 0.5) is 0 Å². The summed E-state index contributed by atoms with van der Waals surface area (Å²) < 4.78 is 10.7. The number of rotatable bonds is 8. The molecule has 1 unspecified atom stereocenters. The Morgan fingerprint density at radius 1 is 1.38 bits per heavy atom. The number of esters is 1. The monoisotopic (exact) mass is 369 g/mol. The molecule has 1 aliphatic rings. The van der Waals surface area contributed by atoms with Gasteiger partial charge in [-0.25, -0.2) is 4.79 Å². The number of hydrogen-bond donors (Lipinski definition) is 0. The maximum atomic E-state index is 12.4. The number of ketones is 1. The van der Waals surface area contributed by atoms with E-state index in [0.29, 0.717) is 6.42 Å². The zero-order valence-electron chi connectivity index (χ0n) is 15.6. The highest BCUT2D eigenvalue weighted by Gasteiger charge is 2.40. The third-order valence-corrected chi connectivity index (χ3v) is 5.60. The first-order chi connectivity index (χ1) is 11.2. The van der Waals surface area contributed by atoms with Crippen LogP contribution in [0.2, 0.25) is 13.1 Å². The van der Waals surface area contributed by atoms with Gasteiger partial charge in [-0.15, -0.1) is 11.8 Å². The van der Waals surface area contributed by atoms with Crippen LogP contribution in [-0.4, -0.2) is 33.7 Å². The Balaban J connectivity index is 2.68. The van der Waals surface area contributed by atoms with Crippen LogP contribution < -0.4 is 0 Å². The van der Waals surface area contributed by atoms with Crippen molar-refractivity contribution in [3.63, 3.8) is 0 Å². The predicted octanol–water partition coefficient (Wildman–Crippen LogP) is 4.34. The fourth-order valence-electron chi connectivity index (χ4n) is 2.48. The summed E-state index contributed by atoms with van der Waals surface area (Å²) in [7, 11) is 0.464. The largest absolute Gasteiger partial charge is 0.544 e. The molecule has 0 saturated carbocycles. The SMILES string of the molecule is COC(=O)/C=C/CCCSC1=C(O[Si](C)C)C(C(C)(C)C)CC1=O. The molecule has 1 atom stereocenters.